The zero-order valence-electron chi connectivity index (χ0n) is 11.1. The van der Waals surface area contributed by atoms with Gasteiger partial charge in [-0.1, -0.05) is 0 Å². The maximum Gasteiger partial charge on any atom is 0.357 e. The van der Waals surface area contributed by atoms with Gasteiger partial charge in [-0.25, -0.2) is 9.78 Å². The number of fused-ring (bicyclic) bond motifs is 1. The van der Waals surface area contributed by atoms with Crippen LogP contribution in [0.4, 0.5) is 5.13 Å². The Kier molecular flexibility index (Phi) is 3.70. The van der Waals surface area contributed by atoms with E-state index in [-0.39, 0.29) is 5.97 Å². The molecule has 0 spiro atoms. The number of methoxy groups -OCH3 is 1. The Hall–Kier alpha value is -1.14. The average Bonchev–Trinajstić information content (AvgIpc) is 3.06. The summed E-state index contributed by atoms with van der Waals surface area (Å²) in [6.07, 6.45) is 5.00. The van der Waals surface area contributed by atoms with Crippen LogP contribution in [-0.4, -0.2) is 48.1 Å². The molecule has 3 heterocycles. The van der Waals surface area contributed by atoms with Crippen molar-refractivity contribution < 1.29 is 9.53 Å². The number of nitrogens with one attached hydrogen (secondary N) is 1. The van der Waals surface area contributed by atoms with Crippen molar-refractivity contribution in [3.05, 3.63) is 11.1 Å². The summed E-state index contributed by atoms with van der Waals surface area (Å²) >= 11 is 1.48. The molecule has 2 fully saturated rings. The van der Waals surface area contributed by atoms with Gasteiger partial charge in [0.2, 0.25) is 0 Å². The van der Waals surface area contributed by atoms with Gasteiger partial charge in [-0.05, 0) is 32.2 Å². The normalized spacial score (nSPS) is 27.0. The van der Waals surface area contributed by atoms with Crippen molar-refractivity contribution in [1.82, 2.24) is 9.88 Å². The van der Waals surface area contributed by atoms with E-state index in [4.69, 9.17) is 0 Å². The monoisotopic (exact) mass is 281 g/mol. The van der Waals surface area contributed by atoms with E-state index in [0.717, 1.165) is 17.6 Å². The van der Waals surface area contributed by atoms with Crippen molar-refractivity contribution >= 4 is 22.4 Å². The zero-order valence-corrected chi connectivity index (χ0v) is 11.9. The molecular formula is C13H19N3O2S. The first-order valence-corrected chi connectivity index (χ1v) is 7.68. The van der Waals surface area contributed by atoms with Gasteiger partial charge in [-0.3, -0.25) is 0 Å². The van der Waals surface area contributed by atoms with Crippen LogP contribution in [0, 0.1) is 0 Å². The van der Waals surface area contributed by atoms with Gasteiger partial charge in [-0.15, -0.1) is 11.3 Å². The third-order valence-electron chi connectivity index (χ3n) is 4.05. The summed E-state index contributed by atoms with van der Waals surface area (Å²) in [6, 6.07) is 1.22. The first-order chi connectivity index (χ1) is 9.26. The van der Waals surface area contributed by atoms with Crippen LogP contribution in [-0.2, 0) is 4.74 Å². The van der Waals surface area contributed by atoms with Crippen molar-refractivity contribution in [3.63, 3.8) is 0 Å². The molecule has 1 N–H and O–H groups in total. The van der Waals surface area contributed by atoms with E-state index in [0.29, 0.717) is 11.7 Å². The van der Waals surface area contributed by atoms with Crippen molar-refractivity contribution in [3.8, 4) is 0 Å². The Balaban J connectivity index is 1.59. The first kappa shape index (κ1) is 12.9. The molecule has 19 heavy (non-hydrogen) atoms. The van der Waals surface area contributed by atoms with Crippen molar-refractivity contribution in [2.45, 2.75) is 37.8 Å². The second-order valence-corrected chi connectivity index (χ2v) is 6.09. The molecule has 0 amide bonds. The maximum absolute atomic E-state index is 11.4. The van der Waals surface area contributed by atoms with E-state index in [9.17, 15) is 4.79 Å². The summed E-state index contributed by atoms with van der Waals surface area (Å²) in [5.41, 5.74) is 0.397. The van der Waals surface area contributed by atoms with Gasteiger partial charge in [0, 0.05) is 24.0 Å². The molecular weight excluding hydrogens is 262 g/mol. The number of anilines is 1. The molecule has 0 aromatic carbocycles. The summed E-state index contributed by atoms with van der Waals surface area (Å²) in [5, 5.41) is 6.05. The lowest BCUT2D eigenvalue weighted by Gasteiger charge is -2.35. The van der Waals surface area contributed by atoms with Crippen LogP contribution in [0.2, 0.25) is 0 Å². The number of carbonyl (C=O) groups excluding carboxylic acids is 1. The Morgan fingerprint density at radius 2 is 2.42 bits per heavy atom. The van der Waals surface area contributed by atoms with Gasteiger partial charge in [0.15, 0.2) is 10.8 Å². The van der Waals surface area contributed by atoms with E-state index in [1.165, 1.54) is 50.8 Å². The second-order valence-electron chi connectivity index (χ2n) is 5.23. The van der Waals surface area contributed by atoms with E-state index >= 15 is 0 Å². The van der Waals surface area contributed by atoms with E-state index < -0.39 is 0 Å². The number of hydrogen-bond donors (Lipinski definition) is 1. The van der Waals surface area contributed by atoms with Crippen LogP contribution in [0.1, 0.15) is 36.2 Å². The highest BCUT2D eigenvalue weighted by molar-refractivity contribution is 7.13. The van der Waals surface area contributed by atoms with Gasteiger partial charge >= 0.3 is 5.97 Å². The predicted molar refractivity (Wildman–Crippen MR) is 74.7 cm³/mol. The lowest BCUT2D eigenvalue weighted by atomic mass is 9.98. The molecule has 2 aliphatic heterocycles. The highest BCUT2D eigenvalue weighted by Gasteiger charge is 2.31. The number of piperidine rings is 1. The summed E-state index contributed by atoms with van der Waals surface area (Å²) in [7, 11) is 1.38. The number of esters is 1. The highest BCUT2D eigenvalue weighted by Crippen LogP contribution is 2.29. The van der Waals surface area contributed by atoms with Gasteiger partial charge in [0.1, 0.15) is 0 Å². The van der Waals surface area contributed by atoms with Crippen LogP contribution in [0.3, 0.4) is 0 Å². The van der Waals surface area contributed by atoms with Crippen molar-refractivity contribution in [2.24, 2.45) is 0 Å². The molecule has 1 aromatic rings. The standard InChI is InChI=1S/C13H19N3O2S/c1-18-12(17)11-8-19-13(15-11)14-9-4-6-16-5-2-3-10(16)7-9/h8-10H,2-7H2,1H3,(H,14,15). The van der Waals surface area contributed by atoms with Crippen LogP contribution in [0.5, 0.6) is 0 Å². The fraction of sp³-hybridized carbons (Fsp3) is 0.692. The number of aromatic nitrogens is 1. The smallest absolute Gasteiger partial charge is 0.357 e. The van der Waals surface area contributed by atoms with Gasteiger partial charge < -0.3 is 15.0 Å². The molecule has 2 atom stereocenters. The molecule has 0 saturated carbocycles. The Morgan fingerprint density at radius 1 is 1.53 bits per heavy atom. The molecule has 0 radical (unpaired) electrons. The largest absolute Gasteiger partial charge is 0.464 e. The van der Waals surface area contributed by atoms with Crippen LogP contribution in [0.25, 0.3) is 0 Å². The average molecular weight is 281 g/mol. The van der Waals surface area contributed by atoms with Crippen LogP contribution < -0.4 is 5.32 Å². The molecule has 2 saturated heterocycles. The van der Waals surface area contributed by atoms with Crippen LogP contribution >= 0.6 is 11.3 Å². The minimum absolute atomic E-state index is 0.366. The molecule has 6 heteroatoms. The summed E-state index contributed by atoms with van der Waals surface area (Å²) in [5.74, 6) is -0.366. The lowest BCUT2D eigenvalue weighted by Crippen LogP contribution is -2.42. The Bertz CT molecular complexity index is 462. The predicted octanol–water partition coefficient (Wildman–Crippen LogP) is 1.97. The Labute approximate surface area is 117 Å². The van der Waals surface area contributed by atoms with E-state index in [1.54, 1.807) is 5.38 Å². The molecule has 0 aliphatic carbocycles. The number of rotatable bonds is 3. The molecule has 0 bridgehead atoms. The Morgan fingerprint density at radius 3 is 3.26 bits per heavy atom. The SMILES string of the molecule is COC(=O)c1csc(NC2CCN3CCCC3C2)n1. The highest BCUT2D eigenvalue weighted by atomic mass is 32.1. The molecule has 1 aromatic heterocycles. The number of thiazole rings is 1. The lowest BCUT2D eigenvalue weighted by molar-refractivity contribution is 0.0595. The summed E-state index contributed by atoms with van der Waals surface area (Å²) < 4.78 is 4.67. The zero-order chi connectivity index (χ0) is 13.2. The minimum Gasteiger partial charge on any atom is -0.464 e. The number of hydrogen-bond acceptors (Lipinski definition) is 6. The fourth-order valence-corrected chi connectivity index (χ4v) is 3.83. The van der Waals surface area contributed by atoms with Crippen molar-refractivity contribution in [2.75, 3.05) is 25.5 Å². The van der Waals surface area contributed by atoms with Crippen molar-refractivity contribution in [1.29, 1.82) is 0 Å². The third-order valence-corrected chi connectivity index (χ3v) is 4.82. The molecule has 2 aliphatic rings. The molecule has 5 nitrogen and oxygen atoms in total. The summed E-state index contributed by atoms with van der Waals surface area (Å²) in [4.78, 5) is 18.2. The quantitative estimate of drug-likeness (QED) is 0.858. The molecule has 104 valence electrons. The minimum atomic E-state index is -0.366. The maximum atomic E-state index is 11.4. The first-order valence-electron chi connectivity index (χ1n) is 6.80. The second kappa shape index (κ2) is 5.46. The van der Waals surface area contributed by atoms with Crippen LogP contribution in [0.15, 0.2) is 5.38 Å². The third kappa shape index (κ3) is 2.74. The van der Waals surface area contributed by atoms with Gasteiger partial charge in [0.05, 0.1) is 7.11 Å². The van der Waals surface area contributed by atoms with E-state index in [1.807, 2.05) is 0 Å². The molecule has 2 unspecified atom stereocenters. The number of nitrogens with zero attached hydrogens (tertiary/aromatic N) is 2. The fourth-order valence-electron chi connectivity index (χ4n) is 3.07. The van der Waals surface area contributed by atoms with E-state index in [2.05, 4.69) is 19.9 Å². The topological polar surface area (TPSA) is 54.5 Å². The number of carbonyl (C=O) groups is 1. The molecule has 3 rings (SSSR count). The summed E-state index contributed by atoms with van der Waals surface area (Å²) in [6.45, 7) is 2.44. The van der Waals surface area contributed by atoms with Gasteiger partial charge in [0.25, 0.3) is 0 Å². The number of ether oxygens (including phenoxy) is 1. The van der Waals surface area contributed by atoms with Gasteiger partial charge in [-0.2, -0.15) is 0 Å².